The van der Waals surface area contributed by atoms with E-state index < -0.39 is 5.79 Å². The van der Waals surface area contributed by atoms with Gasteiger partial charge in [-0.15, -0.1) is 0 Å². The molecule has 2 N–H and O–H groups in total. The van der Waals surface area contributed by atoms with Crippen molar-refractivity contribution in [3.8, 4) is 0 Å². The summed E-state index contributed by atoms with van der Waals surface area (Å²) < 4.78 is 11.1. The number of piperidine rings is 1. The molecule has 2 rings (SSSR count). The van der Waals surface area contributed by atoms with Crippen LogP contribution in [0.2, 0.25) is 0 Å². The van der Waals surface area contributed by atoms with Crippen molar-refractivity contribution in [2.75, 3.05) is 32.8 Å². The predicted octanol–water partition coefficient (Wildman–Crippen LogP) is 0.727. The quantitative estimate of drug-likeness (QED) is 0.738. The summed E-state index contributed by atoms with van der Waals surface area (Å²) in [5.74, 6) is -0.386. The van der Waals surface area contributed by atoms with Crippen molar-refractivity contribution in [2.24, 2.45) is 5.73 Å². The second-order valence-electron chi connectivity index (χ2n) is 4.40. The smallest absolute Gasteiger partial charge is 0.236 e. The minimum Gasteiger partial charge on any atom is -0.347 e. The Morgan fingerprint density at radius 3 is 2.12 bits per heavy atom. The second-order valence-corrected chi connectivity index (χ2v) is 4.40. The normalized spacial score (nSPS) is 22.2. The molecule has 0 aromatic rings. The molecule has 0 saturated carbocycles. The van der Waals surface area contributed by atoms with Gasteiger partial charge in [-0.25, -0.2) is 0 Å². The maximum atomic E-state index is 11.3. The fraction of sp³-hybridized carbons (Fsp3) is 0.917. The first kappa shape index (κ1) is 14.4. The van der Waals surface area contributed by atoms with Crippen LogP contribution < -0.4 is 5.73 Å². The molecule has 0 bridgehead atoms. The number of hydrogen-bond acceptors (Lipinski definition) is 4. The van der Waals surface area contributed by atoms with Gasteiger partial charge < -0.3 is 20.1 Å². The molecule has 0 unspecified atom stereocenters. The van der Waals surface area contributed by atoms with Crippen LogP contribution in [0, 0.1) is 0 Å². The molecule has 1 amide bonds. The highest BCUT2D eigenvalue weighted by atomic mass is 16.7. The zero-order chi connectivity index (χ0) is 12.7. The Bertz CT molecular complexity index is 230. The lowest BCUT2D eigenvalue weighted by molar-refractivity contribution is -0.187. The number of carbonyl (C=O) groups is 1. The van der Waals surface area contributed by atoms with Gasteiger partial charge in [0, 0.05) is 25.9 Å². The van der Waals surface area contributed by atoms with Crippen molar-refractivity contribution in [3.05, 3.63) is 0 Å². The largest absolute Gasteiger partial charge is 0.347 e. The number of nitrogens with zero attached hydrogens (tertiary/aromatic N) is 1. The van der Waals surface area contributed by atoms with Crippen molar-refractivity contribution in [1.82, 2.24) is 4.90 Å². The third kappa shape index (κ3) is 3.94. The van der Waals surface area contributed by atoms with Gasteiger partial charge in [0.15, 0.2) is 5.79 Å². The van der Waals surface area contributed by atoms with Gasteiger partial charge >= 0.3 is 0 Å². The topological polar surface area (TPSA) is 64.8 Å². The molecule has 5 nitrogen and oxygen atoms in total. The first-order valence-electron chi connectivity index (χ1n) is 6.43. The molecule has 2 saturated heterocycles. The van der Waals surface area contributed by atoms with Gasteiger partial charge in [-0.3, -0.25) is 4.79 Å². The number of ether oxygens (including phenoxy) is 2. The third-order valence-electron chi connectivity index (χ3n) is 2.87. The summed E-state index contributed by atoms with van der Waals surface area (Å²) >= 11 is 0. The summed E-state index contributed by atoms with van der Waals surface area (Å²) in [5, 5.41) is 0. The molecular weight excluding hydrogens is 220 g/mol. The monoisotopic (exact) mass is 244 g/mol. The SMILES string of the molecule is CCC.NCC(=O)N1CCC2(CC1)OCCO2. The molecule has 0 aliphatic carbocycles. The number of carbonyl (C=O) groups excluding carboxylic acids is 1. The minimum atomic E-state index is -0.397. The molecule has 0 aromatic heterocycles. The molecule has 0 atom stereocenters. The van der Waals surface area contributed by atoms with Gasteiger partial charge in [0.25, 0.3) is 0 Å². The molecule has 0 aromatic carbocycles. The summed E-state index contributed by atoms with van der Waals surface area (Å²) in [4.78, 5) is 13.1. The van der Waals surface area contributed by atoms with Crippen LogP contribution in [0.3, 0.4) is 0 Å². The van der Waals surface area contributed by atoms with Crippen molar-refractivity contribution in [2.45, 2.75) is 38.9 Å². The van der Waals surface area contributed by atoms with Crippen LogP contribution >= 0.6 is 0 Å². The van der Waals surface area contributed by atoms with Gasteiger partial charge in [-0.1, -0.05) is 20.3 Å². The fourth-order valence-electron chi connectivity index (χ4n) is 2.01. The molecule has 1 spiro atoms. The Balaban J connectivity index is 0.000000437. The van der Waals surface area contributed by atoms with E-state index in [0.29, 0.717) is 26.3 Å². The summed E-state index contributed by atoms with van der Waals surface area (Å²) in [6.07, 6.45) is 2.78. The van der Waals surface area contributed by atoms with E-state index in [1.165, 1.54) is 6.42 Å². The summed E-state index contributed by atoms with van der Waals surface area (Å²) in [6, 6.07) is 0. The molecule has 2 fully saturated rings. The zero-order valence-corrected chi connectivity index (χ0v) is 10.9. The Kier molecular flexibility index (Phi) is 5.88. The van der Waals surface area contributed by atoms with E-state index in [0.717, 1.165) is 12.8 Å². The van der Waals surface area contributed by atoms with Gasteiger partial charge in [0.2, 0.25) is 5.91 Å². The van der Waals surface area contributed by atoms with Gasteiger partial charge in [0.1, 0.15) is 0 Å². The average Bonchev–Trinajstić information content (AvgIpc) is 2.79. The molecule has 100 valence electrons. The van der Waals surface area contributed by atoms with E-state index in [2.05, 4.69) is 13.8 Å². The van der Waals surface area contributed by atoms with Crippen LogP contribution in [0.4, 0.5) is 0 Å². The van der Waals surface area contributed by atoms with Crippen LogP contribution in [-0.4, -0.2) is 49.4 Å². The Hall–Kier alpha value is -0.650. The van der Waals surface area contributed by atoms with Gasteiger partial charge in [-0.05, 0) is 0 Å². The fourth-order valence-corrected chi connectivity index (χ4v) is 2.01. The van der Waals surface area contributed by atoms with Crippen LogP contribution in [0.1, 0.15) is 33.1 Å². The van der Waals surface area contributed by atoms with Crippen molar-refractivity contribution in [3.63, 3.8) is 0 Å². The molecule has 2 aliphatic heterocycles. The Morgan fingerprint density at radius 1 is 1.24 bits per heavy atom. The summed E-state index contributed by atoms with van der Waals surface area (Å²) in [7, 11) is 0. The maximum absolute atomic E-state index is 11.3. The van der Waals surface area contributed by atoms with E-state index >= 15 is 0 Å². The van der Waals surface area contributed by atoms with E-state index in [1.807, 2.05) is 0 Å². The van der Waals surface area contributed by atoms with Crippen LogP contribution in [-0.2, 0) is 14.3 Å². The molecule has 2 aliphatic rings. The molecular formula is C12H24N2O3. The lowest BCUT2D eigenvalue weighted by atomic mass is 10.0. The van der Waals surface area contributed by atoms with E-state index in [4.69, 9.17) is 15.2 Å². The Labute approximate surface area is 103 Å². The number of hydrogen-bond donors (Lipinski definition) is 1. The lowest BCUT2D eigenvalue weighted by Gasteiger charge is -2.37. The predicted molar refractivity (Wildman–Crippen MR) is 65.5 cm³/mol. The standard InChI is InChI=1S/C9H16N2O3.C3H8/c10-7-8(12)11-3-1-9(2-4-11)13-5-6-14-9;1-3-2/h1-7,10H2;3H2,1-2H3. The first-order chi connectivity index (χ1) is 8.17. The third-order valence-corrected chi connectivity index (χ3v) is 2.87. The second kappa shape index (κ2) is 6.93. The van der Waals surface area contributed by atoms with E-state index in [1.54, 1.807) is 4.90 Å². The highest BCUT2D eigenvalue weighted by molar-refractivity contribution is 5.78. The summed E-state index contributed by atoms with van der Waals surface area (Å²) in [5.41, 5.74) is 5.29. The van der Waals surface area contributed by atoms with Crippen molar-refractivity contribution >= 4 is 5.91 Å². The number of nitrogens with two attached hydrogens (primary N) is 1. The summed E-state index contributed by atoms with van der Waals surface area (Å²) in [6.45, 7) is 7.07. The minimum absolute atomic E-state index is 0.0119. The van der Waals surface area contributed by atoms with Gasteiger partial charge in [-0.2, -0.15) is 0 Å². The molecule has 17 heavy (non-hydrogen) atoms. The van der Waals surface area contributed by atoms with Crippen LogP contribution in [0.5, 0.6) is 0 Å². The Morgan fingerprint density at radius 2 is 1.71 bits per heavy atom. The van der Waals surface area contributed by atoms with Crippen LogP contribution in [0.25, 0.3) is 0 Å². The number of likely N-dealkylation sites (tertiary alicyclic amines) is 1. The molecule has 2 heterocycles. The van der Waals surface area contributed by atoms with Crippen molar-refractivity contribution in [1.29, 1.82) is 0 Å². The maximum Gasteiger partial charge on any atom is 0.236 e. The highest BCUT2D eigenvalue weighted by Gasteiger charge is 2.40. The first-order valence-corrected chi connectivity index (χ1v) is 6.43. The average molecular weight is 244 g/mol. The van der Waals surface area contributed by atoms with Crippen molar-refractivity contribution < 1.29 is 14.3 Å². The zero-order valence-electron chi connectivity index (χ0n) is 10.9. The van der Waals surface area contributed by atoms with E-state index in [9.17, 15) is 4.79 Å². The van der Waals surface area contributed by atoms with Crippen LogP contribution in [0.15, 0.2) is 0 Å². The van der Waals surface area contributed by atoms with Gasteiger partial charge in [0.05, 0.1) is 19.8 Å². The number of rotatable bonds is 1. The number of amides is 1. The molecule has 0 radical (unpaired) electrons. The molecule has 5 heteroatoms. The van der Waals surface area contributed by atoms with E-state index in [-0.39, 0.29) is 12.5 Å². The highest BCUT2D eigenvalue weighted by Crippen LogP contribution is 2.30. The lowest BCUT2D eigenvalue weighted by Crippen LogP contribution is -2.48.